The number of aromatic nitrogens is 1. The standard InChI is InChI=1S/C25H28N4O/c1-25(2,3)17-7-9-18(10-8-17)29-14-20-21(15-29)23(20)28-24(30)27-22-6-4-5-16-13-26-12-11-19(16)22/h4-13,20-21,23H,14-15H2,1-3H3,(H2,27,28,30). The number of benzene rings is 2. The Morgan fingerprint density at radius 3 is 2.47 bits per heavy atom. The van der Waals surface area contributed by atoms with Crippen LogP contribution in [0.1, 0.15) is 26.3 Å². The van der Waals surface area contributed by atoms with Crippen molar-refractivity contribution in [3.05, 3.63) is 66.5 Å². The van der Waals surface area contributed by atoms with Gasteiger partial charge in [-0.25, -0.2) is 4.79 Å². The summed E-state index contributed by atoms with van der Waals surface area (Å²) in [6.07, 6.45) is 3.56. The second-order valence-corrected chi connectivity index (χ2v) is 9.56. The normalized spacial score (nSPS) is 22.6. The molecule has 30 heavy (non-hydrogen) atoms. The molecule has 2 N–H and O–H groups in total. The van der Waals surface area contributed by atoms with Crippen molar-refractivity contribution >= 4 is 28.2 Å². The number of carbonyl (C=O) groups excluding carboxylic acids is 1. The summed E-state index contributed by atoms with van der Waals surface area (Å²) in [5.41, 5.74) is 3.63. The van der Waals surface area contributed by atoms with Crippen molar-refractivity contribution in [3.8, 4) is 0 Å². The third-order valence-corrected chi connectivity index (χ3v) is 6.52. The fourth-order valence-corrected chi connectivity index (χ4v) is 4.66. The van der Waals surface area contributed by atoms with Gasteiger partial charge in [0.25, 0.3) is 0 Å². The highest BCUT2D eigenvalue weighted by Crippen LogP contribution is 2.47. The van der Waals surface area contributed by atoms with E-state index in [1.807, 2.05) is 30.5 Å². The number of nitrogens with zero attached hydrogens (tertiary/aromatic N) is 2. The second kappa shape index (κ2) is 7.01. The molecule has 2 fully saturated rings. The Bertz CT molecular complexity index is 1070. The topological polar surface area (TPSA) is 57.3 Å². The number of fused-ring (bicyclic) bond motifs is 2. The van der Waals surface area contributed by atoms with Crippen LogP contribution in [-0.4, -0.2) is 30.1 Å². The lowest BCUT2D eigenvalue weighted by atomic mass is 9.87. The lowest BCUT2D eigenvalue weighted by molar-refractivity contribution is 0.250. The third-order valence-electron chi connectivity index (χ3n) is 6.52. The monoisotopic (exact) mass is 400 g/mol. The van der Waals surface area contributed by atoms with E-state index in [-0.39, 0.29) is 17.5 Å². The summed E-state index contributed by atoms with van der Waals surface area (Å²) in [4.78, 5) is 19.2. The summed E-state index contributed by atoms with van der Waals surface area (Å²) in [5, 5.41) is 8.22. The van der Waals surface area contributed by atoms with Gasteiger partial charge < -0.3 is 15.5 Å². The number of piperidine rings is 1. The first-order valence-corrected chi connectivity index (χ1v) is 10.7. The molecule has 1 saturated heterocycles. The van der Waals surface area contributed by atoms with Crippen LogP contribution in [0.25, 0.3) is 10.8 Å². The Morgan fingerprint density at radius 2 is 1.77 bits per heavy atom. The Kier molecular flexibility index (Phi) is 4.42. The average Bonchev–Trinajstić information content (AvgIpc) is 3.16. The summed E-state index contributed by atoms with van der Waals surface area (Å²) in [5.74, 6) is 1.07. The van der Waals surface area contributed by atoms with Gasteiger partial charge in [0.2, 0.25) is 0 Å². The van der Waals surface area contributed by atoms with Crippen LogP contribution in [0.15, 0.2) is 60.9 Å². The summed E-state index contributed by atoms with van der Waals surface area (Å²) < 4.78 is 0. The number of hydrogen-bond acceptors (Lipinski definition) is 3. The molecule has 2 heterocycles. The molecule has 1 saturated carbocycles. The van der Waals surface area contributed by atoms with Gasteiger partial charge in [-0.15, -0.1) is 0 Å². The van der Waals surface area contributed by atoms with E-state index in [1.165, 1.54) is 11.3 Å². The predicted molar refractivity (Wildman–Crippen MR) is 122 cm³/mol. The second-order valence-electron chi connectivity index (χ2n) is 9.56. The summed E-state index contributed by atoms with van der Waals surface area (Å²) in [6, 6.07) is 16.9. The molecule has 2 aromatic carbocycles. The van der Waals surface area contributed by atoms with Crippen LogP contribution in [0.2, 0.25) is 0 Å². The largest absolute Gasteiger partial charge is 0.371 e. The van der Waals surface area contributed by atoms with Gasteiger partial charge in [0.05, 0.1) is 5.69 Å². The highest BCUT2D eigenvalue weighted by molar-refractivity contribution is 6.01. The fraction of sp³-hybridized carbons (Fsp3) is 0.360. The maximum Gasteiger partial charge on any atom is 0.319 e. The molecular formula is C25H28N4O. The van der Waals surface area contributed by atoms with Gasteiger partial charge in [0.15, 0.2) is 0 Å². The van der Waals surface area contributed by atoms with Crippen LogP contribution < -0.4 is 15.5 Å². The highest BCUT2D eigenvalue weighted by Gasteiger charge is 2.56. The summed E-state index contributed by atoms with van der Waals surface area (Å²) >= 11 is 0. The van der Waals surface area contributed by atoms with Gasteiger partial charge in [-0.2, -0.15) is 0 Å². The third kappa shape index (κ3) is 3.49. The van der Waals surface area contributed by atoms with Crippen molar-refractivity contribution in [3.63, 3.8) is 0 Å². The van der Waals surface area contributed by atoms with E-state index < -0.39 is 0 Å². The minimum Gasteiger partial charge on any atom is -0.371 e. The molecule has 1 aromatic heterocycles. The van der Waals surface area contributed by atoms with Crippen LogP contribution in [0.4, 0.5) is 16.2 Å². The summed E-state index contributed by atoms with van der Waals surface area (Å²) in [6.45, 7) is 8.73. The molecule has 5 heteroatoms. The van der Waals surface area contributed by atoms with Gasteiger partial charge in [-0.1, -0.05) is 45.0 Å². The lowest BCUT2D eigenvalue weighted by Gasteiger charge is -2.24. The maximum atomic E-state index is 12.6. The Hall–Kier alpha value is -3.08. The van der Waals surface area contributed by atoms with E-state index in [2.05, 4.69) is 65.6 Å². The first kappa shape index (κ1) is 18.9. The van der Waals surface area contributed by atoms with Gasteiger partial charge in [0.1, 0.15) is 0 Å². The van der Waals surface area contributed by atoms with Gasteiger partial charge >= 0.3 is 6.03 Å². The molecule has 1 aliphatic heterocycles. The molecule has 5 rings (SSSR count). The van der Waals surface area contributed by atoms with Crippen molar-refractivity contribution in [1.82, 2.24) is 10.3 Å². The minimum atomic E-state index is -0.125. The number of nitrogens with one attached hydrogen (secondary N) is 2. The highest BCUT2D eigenvalue weighted by atomic mass is 16.2. The zero-order chi connectivity index (χ0) is 20.9. The van der Waals surface area contributed by atoms with Crippen LogP contribution in [0.3, 0.4) is 0 Å². The van der Waals surface area contributed by atoms with E-state index in [1.54, 1.807) is 6.20 Å². The number of amides is 2. The molecule has 0 radical (unpaired) electrons. The van der Waals surface area contributed by atoms with Gasteiger partial charge in [0, 0.05) is 59.8 Å². The van der Waals surface area contributed by atoms with Crippen LogP contribution in [0.5, 0.6) is 0 Å². The molecule has 3 aromatic rings. The number of rotatable bonds is 3. The van der Waals surface area contributed by atoms with Crippen LogP contribution in [0, 0.1) is 11.8 Å². The average molecular weight is 401 g/mol. The SMILES string of the molecule is CC(C)(C)c1ccc(N2CC3C(C2)C3NC(=O)Nc2cccc3cnccc23)cc1. The van der Waals surface area contributed by atoms with Crippen molar-refractivity contribution in [2.75, 3.05) is 23.3 Å². The van der Waals surface area contributed by atoms with Crippen molar-refractivity contribution in [1.29, 1.82) is 0 Å². The molecule has 2 atom stereocenters. The zero-order valence-corrected chi connectivity index (χ0v) is 17.7. The van der Waals surface area contributed by atoms with E-state index in [9.17, 15) is 4.79 Å². The van der Waals surface area contributed by atoms with Gasteiger partial charge in [-0.3, -0.25) is 4.98 Å². The molecule has 5 nitrogen and oxygen atoms in total. The van der Waals surface area contributed by atoms with Crippen LogP contribution >= 0.6 is 0 Å². The molecule has 154 valence electrons. The smallest absolute Gasteiger partial charge is 0.319 e. The van der Waals surface area contributed by atoms with Crippen molar-refractivity contribution in [2.24, 2.45) is 11.8 Å². The van der Waals surface area contributed by atoms with Crippen molar-refractivity contribution in [2.45, 2.75) is 32.2 Å². The number of hydrogen-bond donors (Lipinski definition) is 2. The molecule has 0 bridgehead atoms. The quantitative estimate of drug-likeness (QED) is 0.665. The molecule has 2 unspecified atom stereocenters. The number of urea groups is 1. The van der Waals surface area contributed by atoms with Gasteiger partial charge in [-0.05, 0) is 35.2 Å². The number of carbonyl (C=O) groups is 1. The predicted octanol–water partition coefficient (Wildman–Crippen LogP) is 4.79. The summed E-state index contributed by atoms with van der Waals surface area (Å²) in [7, 11) is 0. The molecule has 2 amide bonds. The Labute approximate surface area is 177 Å². The minimum absolute atomic E-state index is 0.125. The van der Waals surface area contributed by atoms with E-state index in [0.717, 1.165) is 29.5 Å². The van der Waals surface area contributed by atoms with E-state index in [0.29, 0.717) is 11.8 Å². The fourth-order valence-electron chi connectivity index (χ4n) is 4.66. The van der Waals surface area contributed by atoms with Crippen molar-refractivity contribution < 1.29 is 4.79 Å². The Balaban J connectivity index is 1.17. The van der Waals surface area contributed by atoms with E-state index in [4.69, 9.17) is 0 Å². The number of pyridine rings is 1. The first-order valence-electron chi connectivity index (χ1n) is 10.7. The lowest BCUT2D eigenvalue weighted by Crippen LogP contribution is -2.37. The molecule has 0 spiro atoms. The number of anilines is 2. The first-order chi connectivity index (χ1) is 14.4. The van der Waals surface area contributed by atoms with Crippen LogP contribution in [-0.2, 0) is 5.41 Å². The Morgan fingerprint density at radius 1 is 1.03 bits per heavy atom. The molecule has 1 aliphatic carbocycles. The molecule has 2 aliphatic rings. The maximum absolute atomic E-state index is 12.6. The zero-order valence-electron chi connectivity index (χ0n) is 17.7. The van der Waals surface area contributed by atoms with E-state index >= 15 is 0 Å². The molecular weight excluding hydrogens is 372 g/mol.